The normalized spacial score (nSPS) is 10.7. The van der Waals surface area contributed by atoms with Gasteiger partial charge in [-0.2, -0.15) is 0 Å². The molecule has 1 rings (SSSR count). The Balaban J connectivity index is 2.65. The maximum Gasteiger partial charge on any atom is 0.0406 e. The summed E-state index contributed by atoms with van der Waals surface area (Å²) in [7, 11) is 0. The van der Waals surface area contributed by atoms with Crippen LogP contribution in [0.2, 0.25) is 0 Å². The van der Waals surface area contributed by atoms with Crippen LogP contribution < -0.4 is 5.73 Å². The Morgan fingerprint density at radius 1 is 1.42 bits per heavy atom. The second kappa shape index (κ2) is 4.21. The van der Waals surface area contributed by atoms with E-state index in [0.29, 0.717) is 12.5 Å². The van der Waals surface area contributed by atoms with E-state index >= 15 is 0 Å². The van der Waals surface area contributed by atoms with Crippen molar-refractivity contribution >= 4 is 0 Å². The fourth-order valence-electron chi connectivity index (χ4n) is 1.11. The van der Waals surface area contributed by atoms with E-state index in [1.807, 2.05) is 12.3 Å². The van der Waals surface area contributed by atoms with Crippen LogP contribution in [0, 0.1) is 5.92 Å². The van der Waals surface area contributed by atoms with E-state index in [1.165, 1.54) is 0 Å². The summed E-state index contributed by atoms with van der Waals surface area (Å²) < 4.78 is 0. The van der Waals surface area contributed by atoms with Gasteiger partial charge in [-0.1, -0.05) is 19.9 Å². The lowest BCUT2D eigenvalue weighted by atomic mass is 10.1. The molecule has 0 aliphatic carbocycles. The molecular weight excluding hydrogens is 148 g/mol. The Kier molecular flexibility index (Phi) is 3.23. The smallest absolute Gasteiger partial charge is 0.0406 e. The van der Waals surface area contributed by atoms with E-state index in [-0.39, 0.29) is 0 Å². The predicted molar refractivity (Wildman–Crippen MR) is 50.7 cm³/mol. The van der Waals surface area contributed by atoms with Crippen molar-refractivity contribution < 1.29 is 0 Å². The second-order valence-electron chi connectivity index (χ2n) is 3.46. The van der Waals surface area contributed by atoms with Crippen molar-refractivity contribution in [1.29, 1.82) is 0 Å². The zero-order chi connectivity index (χ0) is 8.97. The molecule has 66 valence electrons. The third kappa shape index (κ3) is 2.62. The van der Waals surface area contributed by atoms with E-state index in [9.17, 15) is 0 Å². The van der Waals surface area contributed by atoms with Crippen molar-refractivity contribution in [2.75, 3.05) is 0 Å². The van der Waals surface area contributed by atoms with Crippen molar-refractivity contribution in [3.05, 3.63) is 29.6 Å². The van der Waals surface area contributed by atoms with Gasteiger partial charge in [0.05, 0.1) is 0 Å². The molecule has 0 aromatic carbocycles. The lowest BCUT2D eigenvalue weighted by Crippen LogP contribution is -2.00. The van der Waals surface area contributed by atoms with E-state index < -0.39 is 0 Å². The number of aromatic nitrogens is 1. The molecular formula is C10H16N2. The monoisotopic (exact) mass is 164 g/mol. The number of rotatable bonds is 3. The molecule has 0 bridgehead atoms. The first kappa shape index (κ1) is 9.20. The number of hydrogen-bond donors (Lipinski definition) is 1. The maximum atomic E-state index is 5.46. The molecule has 0 saturated heterocycles. The number of nitrogens with two attached hydrogens (primary N) is 1. The molecule has 0 atom stereocenters. The summed E-state index contributed by atoms with van der Waals surface area (Å²) in [6.07, 6.45) is 2.91. The molecule has 0 spiro atoms. The summed E-state index contributed by atoms with van der Waals surface area (Å²) in [6, 6.07) is 4.10. The molecule has 1 heterocycles. The first-order valence-electron chi connectivity index (χ1n) is 4.36. The van der Waals surface area contributed by atoms with E-state index in [2.05, 4.69) is 24.9 Å². The molecule has 1 aromatic rings. The predicted octanol–water partition coefficient (Wildman–Crippen LogP) is 1.74. The Morgan fingerprint density at radius 2 is 2.17 bits per heavy atom. The third-order valence-electron chi connectivity index (χ3n) is 1.74. The van der Waals surface area contributed by atoms with Gasteiger partial charge in [-0.15, -0.1) is 0 Å². The Morgan fingerprint density at radius 3 is 2.58 bits per heavy atom. The van der Waals surface area contributed by atoms with E-state index in [1.54, 1.807) is 0 Å². The summed E-state index contributed by atoms with van der Waals surface area (Å²) in [6.45, 7) is 4.96. The van der Waals surface area contributed by atoms with Crippen LogP contribution in [0.25, 0.3) is 0 Å². The van der Waals surface area contributed by atoms with Gasteiger partial charge in [-0.3, -0.25) is 4.98 Å². The summed E-state index contributed by atoms with van der Waals surface area (Å²) >= 11 is 0. The van der Waals surface area contributed by atoms with Crippen LogP contribution in [0.3, 0.4) is 0 Å². The molecule has 0 fully saturated rings. The van der Waals surface area contributed by atoms with E-state index in [0.717, 1.165) is 17.7 Å². The average molecular weight is 164 g/mol. The van der Waals surface area contributed by atoms with Crippen LogP contribution in [0.1, 0.15) is 25.1 Å². The highest BCUT2D eigenvalue weighted by Crippen LogP contribution is 2.05. The van der Waals surface area contributed by atoms with Gasteiger partial charge < -0.3 is 5.73 Å². The van der Waals surface area contributed by atoms with Gasteiger partial charge in [0, 0.05) is 18.4 Å². The highest BCUT2D eigenvalue weighted by atomic mass is 14.7. The summed E-state index contributed by atoms with van der Waals surface area (Å²) in [5.74, 6) is 0.668. The van der Waals surface area contributed by atoms with Gasteiger partial charge in [0.25, 0.3) is 0 Å². The molecule has 0 saturated carbocycles. The average Bonchev–Trinajstić information content (AvgIpc) is 2.05. The summed E-state index contributed by atoms with van der Waals surface area (Å²) in [5.41, 5.74) is 7.72. The maximum absolute atomic E-state index is 5.46. The van der Waals surface area contributed by atoms with Gasteiger partial charge in [0.2, 0.25) is 0 Å². The van der Waals surface area contributed by atoms with Crippen LogP contribution >= 0.6 is 0 Å². The third-order valence-corrected chi connectivity index (χ3v) is 1.74. The molecule has 2 heteroatoms. The van der Waals surface area contributed by atoms with Gasteiger partial charge in [0.15, 0.2) is 0 Å². The van der Waals surface area contributed by atoms with Crippen LogP contribution in [-0.2, 0) is 13.0 Å². The van der Waals surface area contributed by atoms with Gasteiger partial charge in [0.1, 0.15) is 0 Å². The van der Waals surface area contributed by atoms with Gasteiger partial charge >= 0.3 is 0 Å². The van der Waals surface area contributed by atoms with Gasteiger partial charge in [-0.05, 0) is 24.0 Å². The van der Waals surface area contributed by atoms with Crippen LogP contribution in [0.15, 0.2) is 18.3 Å². The zero-order valence-electron chi connectivity index (χ0n) is 7.75. The van der Waals surface area contributed by atoms with Gasteiger partial charge in [-0.25, -0.2) is 0 Å². The second-order valence-corrected chi connectivity index (χ2v) is 3.46. The molecule has 12 heavy (non-hydrogen) atoms. The lowest BCUT2D eigenvalue weighted by Gasteiger charge is -2.03. The SMILES string of the molecule is CC(C)Cc1ccc(CN)cn1. The molecule has 0 unspecified atom stereocenters. The zero-order valence-corrected chi connectivity index (χ0v) is 7.75. The lowest BCUT2D eigenvalue weighted by molar-refractivity contribution is 0.635. The van der Waals surface area contributed by atoms with Crippen molar-refractivity contribution in [3.63, 3.8) is 0 Å². The Labute approximate surface area is 73.8 Å². The molecule has 2 nitrogen and oxygen atoms in total. The standard InChI is InChI=1S/C10H16N2/c1-8(2)5-10-4-3-9(6-11)7-12-10/h3-4,7-8H,5-6,11H2,1-2H3. The summed E-state index contributed by atoms with van der Waals surface area (Å²) in [5, 5.41) is 0. The minimum Gasteiger partial charge on any atom is -0.326 e. The molecule has 0 amide bonds. The minimum absolute atomic E-state index is 0.578. The van der Waals surface area contributed by atoms with Crippen LogP contribution in [0.5, 0.6) is 0 Å². The minimum atomic E-state index is 0.578. The number of pyridine rings is 1. The van der Waals surface area contributed by atoms with E-state index in [4.69, 9.17) is 5.73 Å². The first-order chi connectivity index (χ1) is 5.72. The van der Waals surface area contributed by atoms with Crippen molar-refractivity contribution in [1.82, 2.24) is 4.98 Å². The number of hydrogen-bond acceptors (Lipinski definition) is 2. The fraction of sp³-hybridized carbons (Fsp3) is 0.500. The quantitative estimate of drug-likeness (QED) is 0.739. The molecule has 2 N–H and O–H groups in total. The first-order valence-corrected chi connectivity index (χ1v) is 4.36. The topological polar surface area (TPSA) is 38.9 Å². The Bertz CT molecular complexity index is 226. The molecule has 0 radical (unpaired) electrons. The van der Waals surface area contributed by atoms with Crippen molar-refractivity contribution in [2.24, 2.45) is 11.7 Å². The Hall–Kier alpha value is -0.890. The molecule has 1 aromatic heterocycles. The van der Waals surface area contributed by atoms with Crippen LogP contribution in [-0.4, -0.2) is 4.98 Å². The summed E-state index contributed by atoms with van der Waals surface area (Å²) in [4.78, 5) is 4.31. The number of nitrogens with zero attached hydrogens (tertiary/aromatic N) is 1. The van der Waals surface area contributed by atoms with Crippen LogP contribution in [0.4, 0.5) is 0 Å². The van der Waals surface area contributed by atoms with Crippen molar-refractivity contribution in [3.8, 4) is 0 Å². The fourth-order valence-corrected chi connectivity index (χ4v) is 1.11. The largest absolute Gasteiger partial charge is 0.326 e. The highest BCUT2D eigenvalue weighted by Gasteiger charge is 1.98. The highest BCUT2D eigenvalue weighted by molar-refractivity contribution is 5.13. The molecule has 0 aliphatic rings. The van der Waals surface area contributed by atoms with Crippen molar-refractivity contribution in [2.45, 2.75) is 26.8 Å². The molecule has 0 aliphatic heterocycles.